The number of amides is 1. The molecule has 1 aliphatic heterocycles. The molecule has 1 aromatic heterocycles. The molecular weight excluding hydrogens is 364 g/mol. The van der Waals surface area contributed by atoms with Gasteiger partial charge in [0.05, 0.1) is 11.4 Å². The topological polar surface area (TPSA) is 70.4 Å². The number of aromatic nitrogens is 2. The highest BCUT2D eigenvalue weighted by Crippen LogP contribution is 2.33. The molecule has 1 amide bonds. The number of benzene rings is 2. The summed E-state index contributed by atoms with van der Waals surface area (Å²) < 4.78 is 2.01. The largest absolute Gasteiger partial charge is 0.291 e. The number of carbonyl (C=O) groups is 1. The molecule has 29 heavy (non-hydrogen) atoms. The lowest BCUT2D eigenvalue weighted by molar-refractivity contribution is -0.124. The van der Waals surface area contributed by atoms with Gasteiger partial charge >= 0.3 is 0 Å². The van der Waals surface area contributed by atoms with Gasteiger partial charge in [-0.3, -0.25) is 14.9 Å². The molecular formula is C23H24N4O2. The monoisotopic (exact) mass is 388 g/mol. The fraction of sp³-hybridized carbons (Fsp3) is 0.217. The molecule has 0 spiro atoms. The van der Waals surface area contributed by atoms with E-state index in [4.69, 9.17) is 5.21 Å². The fourth-order valence-electron chi connectivity index (χ4n) is 3.89. The third-order valence-corrected chi connectivity index (χ3v) is 5.31. The van der Waals surface area contributed by atoms with Gasteiger partial charge in [0.1, 0.15) is 0 Å². The first-order chi connectivity index (χ1) is 14.2. The second-order valence-corrected chi connectivity index (χ2v) is 7.17. The van der Waals surface area contributed by atoms with Crippen molar-refractivity contribution in [2.45, 2.75) is 25.4 Å². The molecule has 2 heterocycles. The summed E-state index contributed by atoms with van der Waals surface area (Å²) in [5.41, 5.74) is 6.04. The lowest BCUT2D eigenvalue weighted by Crippen LogP contribution is -2.24. The minimum atomic E-state index is -0.536. The van der Waals surface area contributed by atoms with Crippen molar-refractivity contribution in [3.8, 4) is 5.69 Å². The van der Waals surface area contributed by atoms with Gasteiger partial charge in [-0.2, -0.15) is 5.10 Å². The van der Waals surface area contributed by atoms with Crippen LogP contribution in [0.25, 0.3) is 11.8 Å². The van der Waals surface area contributed by atoms with Crippen LogP contribution in [0.2, 0.25) is 0 Å². The summed E-state index contributed by atoms with van der Waals surface area (Å²) in [6, 6.07) is 20.9. The van der Waals surface area contributed by atoms with Gasteiger partial charge in [-0.25, -0.2) is 10.2 Å². The Morgan fingerprint density at radius 2 is 1.93 bits per heavy atom. The lowest BCUT2D eigenvalue weighted by Gasteiger charge is -2.25. The Balaban J connectivity index is 1.49. The van der Waals surface area contributed by atoms with Crippen LogP contribution < -0.4 is 5.48 Å². The zero-order valence-electron chi connectivity index (χ0n) is 16.1. The van der Waals surface area contributed by atoms with Gasteiger partial charge in [0.2, 0.25) is 0 Å². The molecule has 0 radical (unpaired) electrons. The molecule has 148 valence electrons. The standard InChI is InChI=1S/C23H24N4O2/c28-23(25-29)13-10-18-8-11-19(12-9-18)22-7-4-16-26(22)17-21-14-15-24-27(21)20-5-2-1-3-6-20/h1-3,5-6,8-15,22,29H,4,7,16-17H2,(H,25,28)/b13-10+. The molecule has 1 saturated heterocycles. The average molecular weight is 388 g/mol. The Hall–Kier alpha value is -3.22. The minimum absolute atomic E-state index is 0.368. The lowest BCUT2D eigenvalue weighted by atomic mass is 10.0. The molecule has 4 rings (SSSR count). The van der Waals surface area contributed by atoms with Gasteiger partial charge in [-0.15, -0.1) is 0 Å². The molecule has 6 nitrogen and oxygen atoms in total. The smallest absolute Gasteiger partial charge is 0.267 e. The van der Waals surface area contributed by atoms with Gasteiger partial charge in [-0.05, 0) is 54.8 Å². The first-order valence-corrected chi connectivity index (χ1v) is 9.79. The number of para-hydroxylation sites is 1. The number of nitrogens with zero attached hydrogens (tertiary/aromatic N) is 3. The maximum absolute atomic E-state index is 11.1. The molecule has 0 bridgehead atoms. The molecule has 3 aromatic rings. The SMILES string of the molecule is O=C(/C=C/c1ccc(C2CCCN2Cc2ccnn2-c2ccccc2)cc1)NO. The van der Waals surface area contributed by atoms with Gasteiger partial charge < -0.3 is 0 Å². The number of likely N-dealkylation sites (tertiary alicyclic amines) is 1. The predicted molar refractivity (Wildman–Crippen MR) is 111 cm³/mol. The van der Waals surface area contributed by atoms with Crippen LogP contribution in [0.5, 0.6) is 0 Å². The molecule has 1 unspecified atom stereocenters. The number of hydrogen-bond acceptors (Lipinski definition) is 4. The van der Waals surface area contributed by atoms with Gasteiger partial charge in [0.15, 0.2) is 0 Å². The van der Waals surface area contributed by atoms with Crippen molar-refractivity contribution in [3.63, 3.8) is 0 Å². The molecule has 0 saturated carbocycles. The van der Waals surface area contributed by atoms with Crippen LogP contribution in [0.1, 0.15) is 35.7 Å². The third-order valence-electron chi connectivity index (χ3n) is 5.31. The maximum Gasteiger partial charge on any atom is 0.267 e. The van der Waals surface area contributed by atoms with Crippen LogP contribution in [-0.4, -0.2) is 32.3 Å². The van der Waals surface area contributed by atoms with Crippen molar-refractivity contribution in [2.24, 2.45) is 0 Å². The number of carbonyl (C=O) groups excluding carboxylic acids is 1. The maximum atomic E-state index is 11.1. The Morgan fingerprint density at radius 3 is 2.69 bits per heavy atom. The number of rotatable bonds is 6. The van der Waals surface area contributed by atoms with E-state index in [2.05, 4.69) is 40.3 Å². The van der Waals surface area contributed by atoms with Crippen molar-refractivity contribution >= 4 is 12.0 Å². The Labute approximate surface area is 170 Å². The third kappa shape index (κ3) is 4.45. The van der Waals surface area contributed by atoms with Gasteiger partial charge in [-0.1, -0.05) is 42.5 Å². The fourth-order valence-corrected chi connectivity index (χ4v) is 3.89. The summed E-state index contributed by atoms with van der Waals surface area (Å²) in [5.74, 6) is -0.536. The Morgan fingerprint density at radius 1 is 1.14 bits per heavy atom. The highest BCUT2D eigenvalue weighted by Gasteiger charge is 2.26. The number of hydroxylamine groups is 1. The summed E-state index contributed by atoms with van der Waals surface area (Å²) in [7, 11) is 0. The summed E-state index contributed by atoms with van der Waals surface area (Å²) in [4.78, 5) is 13.6. The number of nitrogens with one attached hydrogen (secondary N) is 1. The summed E-state index contributed by atoms with van der Waals surface area (Å²) in [6.07, 6.45) is 7.14. The van der Waals surface area contributed by atoms with Crippen molar-refractivity contribution in [1.29, 1.82) is 0 Å². The van der Waals surface area contributed by atoms with Crippen molar-refractivity contribution in [2.75, 3.05) is 6.54 Å². The van der Waals surface area contributed by atoms with E-state index in [1.807, 2.05) is 41.2 Å². The van der Waals surface area contributed by atoms with E-state index >= 15 is 0 Å². The molecule has 1 atom stereocenters. The predicted octanol–water partition coefficient (Wildman–Crippen LogP) is 3.73. The second-order valence-electron chi connectivity index (χ2n) is 7.17. The van der Waals surface area contributed by atoms with Crippen molar-refractivity contribution in [1.82, 2.24) is 20.2 Å². The van der Waals surface area contributed by atoms with Crippen LogP contribution in [0.15, 0.2) is 72.9 Å². The normalized spacial score (nSPS) is 17.1. The Kier molecular flexibility index (Phi) is 5.84. The van der Waals surface area contributed by atoms with Crippen LogP contribution in [-0.2, 0) is 11.3 Å². The van der Waals surface area contributed by atoms with E-state index in [-0.39, 0.29) is 0 Å². The van der Waals surface area contributed by atoms with Crippen LogP contribution >= 0.6 is 0 Å². The van der Waals surface area contributed by atoms with E-state index in [1.54, 1.807) is 11.6 Å². The minimum Gasteiger partial charge on any atom is -0.291 e. The first kappa shape index (κ1) is 19.1. The Bertz CT molecular complexity index is 980. The van der Waals surface area contributed by atoms with E-state index < -0.39 is 5.91 Å². The van der Waals surface area contributed by atoms with Crippen LogP contribution in [0.3, 0.4) is 0 Å². The van der Waals surface area contributed by atoms with Gasteiger partial charge in [0, 0.05) is 24.9 Å². The van der Waals surface area contributed by atoms with Crippen LogP contribution in [0, 0.1) is 0 Å². The van der Waals surface area contributed by atoms with E-state index in [0.717, 1.165) is 30.8 Å². The van der Waals surface area contributed by atoms with E-state index in [1.165, 1.54) is 23.8 Å². The van der Waals surface area contributed by atoms with E-state index in [0.29, 0.717) is 6.04 Å². The summed E-state index contributed by atoms with van der Waals surface area (Å²) >= 11 is 0. The summed E-state index contributed by atoms with van der Waals surface area (Å²) in [5, 5.41) is 13.1. The average Bonchev–Trinajstić information content (AvgIpc) is 3.43. The number of hydrogen-bond donors (Lipinski definition) is 2. The van der Waals surface area contributed by atoms with Crippen molar-refractivity contribution in [3.05, 3.63) is 89.8 Å². The first-order valence-electron chi connectivity index (χ1n) is 9.79. The van der Waals surface area contributed by atoms with Crippen LogP contribution in [0.4, 0.5) is 0 Å². The van der Waals surface area contributed by atoms with Gasteiger partial charge in [0.25, 0.3) is 5.91 Å². The molecule has 6 heteroatoms. The zero-order valence-corrected chi connectivity index (χ0v) is 16.1. The molecule has 1 aliphatic rings. The second kappa shape index (κ2) is 8.86. The molecule has 2 N–H and O–H groups in total. The molecule has 1 fully saturated rings. The zero-order chi connectivity index (χ0) is 20.1. The van der Waals surface area contributed by atoms with Crippen molar-refractivity contribution < 1.29 is 10.0 Å². The molecule has 0 aliphatic carbocycles. The summed E-state index contributed by atoms with van der Waals surface area (Å²) in [6.45, 7) is 1.90. The highest BCUT2D eigenvalue weighted by atomic mass is 16.5. The quantitative estimate of drug-likeness (QED) is 0.384. The highest BCUT2D eigenvalue weighted by molar-refractivity contribution is 5.90. The molecule has 2 aromatic carbocycles. The van der Waals surface area contributed by atoms with E-state index in [9.17, 15) is 4.79 Å².